The summed E-state index contributed by atoms with van der Waals surface area (Å²) in [6.07, 6.45) is 3.53. The third-order valence-corrected chi connectivity index (χ3v) is 3.88. The number of hydrogen-bond donors (Lipinski definition) is 0. The fourth-order valence-electron chi connectivity index (χ4n) is 2.38. The predicted molar refractivity (Wildman–Crippen MR) is 99.7 cm³/mol. The smallest absolute Gasteiger partial charge is 0.196 e. The molecule has 2 heterocycles. The fraction of sp³-hybridized carbons (Fsp3) is 0.105. The van der Waals surface area contributed by atoms with Crippen LogP contribution in [-0.2, 0) is 0 Å². The average Bonchev–Trinajstić information content (AvgIpc) is 2.59. The van der Waals surface area contributed by atoms with Gasteiger partial charge in [-0.25, -0.2) is 4.98 Å². The van der Waals surface area contributed by atoms with Crippen LogP contribution in [0, 0.1) is 0 Å². The Kier molecular flexibility index (Phi) is 4.71. The van der Waals surface area contributed by atoms with Gasteiger partial charge >= 0.3 is 0 Å². The van der Waals surface area contributed by atoms with Crippen molar-refractivity contribution in [1.82, 2.24) is 14.9 Å². The minimum Gasteiger partial charge on any atom is -0.383 e. The Morgan fingerprint density at radius 3 is 2.54 bits per heavy atom. The van der Waals surface area contributed by atoms with Crippen LogP contribution in [0.5, 0.6) is 0 Å². The van der Waals surface area contributed by atoms with Crippen LogP contribution in [0.25, 0.3) is 16.6 Å². The highest BCUT2D eigenvalue weighted by Gasteiger charge is 2.16. The zero-order valence-corrected chi connectivity index (χ0v) is 15.0. The number of nitrogens with zero attached hydrogens (tertiary/aromatic N) is 3. The summed E-state index contributed by atoms with van der Waals surface area (Å²) in [6.45, 7) is 0. The number of carbonyl (C=O) groups excluding carboxylic acids is 1. The van der Waals surface area contributed by atoms with E-state index in [1.54, 1.807) is 12.4 Å². The van der Waals surface area contributed by atoms with Gasteiger partial charge in [0.05, 0.1) is 22.3 Å². The molecule has 0 aliphatic heterocycles. The molecule has 0 saturated carbocycles. The van der Waals surface area contributed by atoms with Crippen molar-refractivity contribution in [1.29, 1.82) is 0 Å². The quantitative estimate of drug-likeness (QED) is 0.502. The van der Waals surface area contributed by atoms with E-state index in [1.807, 2.05) is 67.5 Å². The van der Waals surface area contributed by atoms with Crippen molar-refractivity contribution in [3.63, 3.8) is 0 Å². The second-order valence-electron chi connectivity index (χ2n) is 5.59. The number of ketones is 1. The lowest BCUT2D eigenvalue weighted by Crippen LogP contribution is -2.10. The number of pyridine rings is 2. The number of fused-ring (bicyclic) bond motifs is 1. The largest absolute Gasteiger partial charge is 0.383 e. The predicted octanol–water partition coefficient (Wildman–Crippen LogP) is 4.18. The lowest BCUT2D eigenvalue weighted by atomic mass is 10.0. The van der Waals surface area contributed by atoms with E-state index in [1.165, 1.54) is 0 Å². The van der Waals surface area contributed by atoms with Gasteiger partial charge in [0.25, 0.3) is 0 Å². The molecule has 0 amide bonds. The Morgan fingerprint density at radius 1 is 1.08 bits per heavy atom. The van der Waals surface area contributed by atoms with Crippen molar-refractivity contribution < 1.29 is 4.79 Å². The van der Waals surface area contributed by atoms with Crippen LogP contribution in [0.4, 0.5) is 0 Å². The first-order valence-electron chi connectivity index (χ1n) is 7.45. The summed E-state index contributed by atoms with van der Waals surface area (Å²) >= 11 is 3.41. The molecule has 3 rings (SSSR count). The van der Waals surface area contributed by atoms with Gasteiger partial charge in [0.2, 0.25) is 0 Å². The second-order valence-corrected chi connectivity index (χ2v) is 6.51. The Morgan fingerprint density at radius 2 is 1.83 bits per heavy atom. The van der Waals surface area contributed by atoms with E-state index in [0.717, 1.165) is 15.5 Å². The SMILES string of the molecule is CN(C)/C=C(/C(=O)c1ccccc1)c1ccc2ncc(Br)cc2n1. The molecule has 3 aromatic rings. The number of benzene rings is 1. The first-order valence-corrected chi connectivity index (χ1v) is 8.24. The van der Waals surface area contributed by atoms with Crippen molar-refractivity contribution in [3.05, 3.63) is 76.7 Å². The Balaban J connectivity index is 2.11. The Hall–Kier alpha value is -2.53. The van der Waals surface area contributed by atoms with Crippen LogP contribution in [0.2, 0.25) is 0 Å². The molecule has 0 radical (unpaired) electrons. The van der Waals surface area contributed by atoms with Gasteiger partial charge in [-0.2, -0.15) is 0 Å². The molecule has 24 heavy (non-hydrogen) atoms. The molecule has 0 atom stereocenters. The lowest BCUT2D eigenvalue weighted by molar-refractivity contribution is 0.105. The van der Waals surface area contributed by atoms with E-state index in [4.69, 9.17) is 0 Å². The number of aromatic nitrogens is 2. The minimum atomic E-state index is -0.0564. The van der Waals surface area contributed by atoms with Crippen molar-refractivity contribution in [3.8, 4) is 0 Å². The van der Waals surface area contributed by atoms with Crippen molar-refractivity contribution >= 4 is 38.3 Å². The van der Waals surface area contributed by atoms with Crippen LogP contribution in [-0.4, -0.2) is 34.7 Å². The highest BCUT2D eigenvalue weighted by molar-refractivity contribution is 9.10. The molecular formula is C19H16BrN3O. The minimum absolute atomic E-state index is 0.0564. The standard InChI is InChI=1S/C19H16BrN3O/c1-23(2)12-15(19(24)13-6-4-3-5-7-13)16-8-9-17-18(22-16)10-14(20)11-21-17/h3-12H,1-2H3/b15-12+. The molecule has 1 aromatic carbocycles. The summed E-state index contributed by atoms with van der Waals surface area (Å²) in [4.78, 5) is 23.7. The van der Waals surface area contributed by atoms with E-state index >= 15 is 0 Å². The van der Waals surface area contributed by atoms with Gasteiger partial charge in [0, 0.05) is 36.5 Å². The zero-order valence-electron chi connectivity index (χ0n) is 13.4. The maximum Gasteiger partial charge on any atom is 0.196 e. The van der Waals surface area contributed by atoms with Gasteiger partial charge in [-0.3, -0.25) is 9.78 Å². The highest BCUT2D eigenvalue weighted by atomic mass is 79.9. The van der Waals surface area contributed by atoms with Gasteiger partial charge in [-0.1, -0.05) is 30.3 Å². The third kappa shape index (κ3) is 3.51. The molecule has 0 unspecified atom stereocenters. The first-order chi connectivity index (χ1) is 11.5. The second kappa shape index (κ2) is 6.93. The number of allylic oxidation sites excluding steroid dienone is 1. The molecule has 4 nitrogen and oxygen atoms in total. The van der Waals surface area contributed by atoms with E-state index < -0.39 is 0 Å². The van der Waals surface area contributed by atoms with Crippen LogP contribution in [0.15, 0.2) is 65.4 Å². The van der Waals surface area contributed by atoms with Crippen LogP contribution >= 0.6 is 15.9 Å². The summed E-state index contributed by atoms with van der Waals surface area (Å²) in [7, 11) is 3.77. The van der Waals surface area contributed by atoms with Crippen LogP contribution in [0.3, 0.4) is 0 Å². The summed E-state index contributed by atoms with van der Waals surface area (Å²) in [5.41, 5.74) is 3.35. The normalized spacial score (nSPS) is 11.5. The lowest BCUT2D eigenvalue weighted by Gasteiger charge is -2.12. The molecule has 2 aromatic heterocycles. The summed E-state index contributed by atoms with van der Waals surface area (Å²) < 4.78 is 0.854. The topological polar surface area (TPSA) is 46.1 Å². The number of carbonyl (C=O) groups is 1. The number of halogens is 1. The van der Waals surface area contributed by atoms with Gasteiger partial charge in [-0.15, -0.1) is 0 Å². The van der Waals surface area contributed by atoms with E-state index in [0.29, 0.717) is 16.8 Å². The van der Waals surface area contributed by atoms with E-state index in [9.17, 15) is 4.79 Å². The van der Waals surface area contributed by atoms with Crippen molar-refractivity contribution in [2.75, 3.05) is 14.1 Å². The first kappa shape index (κ1) is 16.3. The van der Waals surface area contributed by atoms with Gasteiger partial charge in [0.15, 0.2) is 5.78 Å². The molecule has 0 aliphatic carbocycles. The Bertz CT molecular complexity index is 920. The van der Waals surface area contributed by atoms with Crippen molar-refractivity contribution in [2.45, 2.75) is 0 Å². The summed E-state index contributed by atoms with van der Waals surface area (Å²) in [6, 6.07) is 14.8. The average molecular weight is 382 g/mol. The zero-order chi connectivity index (χ0) is 17.1. The molecular weight excluding hydrogens is 366 g/mol. The fourth-order valence-corrected chi connectivity index (χ4v) is 2.70. The molecule has 0 bridgehead atoms. The van der Waals surface area contributed by atoms with Crippen LogP contribution < -0.4 is 0 Å². The molecule has 0 aliphatic rings. The Labute approximate surface area is 149 Å². The highest BCUT2D eigenvalue weighted by Crippen LogP contribution is 2.22. The maximum atomic E-state index is 12.9. The monoisotopic (exact) mass is 381 g/mol. The molecule has 0 fully saturated rings. The van der Waals surface area contributed by atoms with E-state index in [-0.39, 0.29) is 5.78 Å². The summed E-state index contributed by atoms with van der Waals surface area (Å²) in [5, 5.41) is 0. The van der Waals surface area contributed by atoms with Crippen molar-refractivity contribution in [2.24, 2.45) is 0 Å². The third-order valence-electron chi connectivity index (χ3n) is 3.45. The molecule has 120 valence electrons. The molecule has 5 heteroatoms. The van der Waals surface area contributed by atoms with E-state index in [2.05, 4.69) is 25.9 Å². The maximum absolute atomic E-state index is 12.9. The van der Waals surface area contributed by atoms with Gasteiger partial charge < -0.3 is 4.90 Å². The number of hydrogen-bond acceptors (Lipinski definition) is 4. The number of Topliss-reactive ketones (excluding diaryl/α,β-unsaturated/α-hetero) is 1. The molecule has 0 spiro atoms. The van der Waals surface area contributed by atoms with Crippen LogP contribution in [0.1, 0.15) is 16.1 Å². The molecule has 0 saturated heterocycles. The van der Waals surface area contributed by atoms with Gasteiger partial charge in [0.1, 0.15) is 0 Å². The summed E-state index contributed by atoms with van der Waals surface area (Å²) in [5.74, 6) is -0.0564. The molecule has 0 N–H and O–H groups in total. The van der Waals surface area contributed by atoms with Gasteiger partial charge in [-0.05, 0) is 34.1 Å². The number of rotatable bonds is 4.